The normalized spacial score (nSPS) is 8.02. The number of rotatable bonds is 2. The summed E-state index contributed by atoms with van der Waals surface area (Å²) in [6.45, 7) is 32.0. The number of benzene rings is 5. The molecule has 274 valence electrons. The summed E-state index contributed by atoms with van der Waals surface area (Å²) in [7, 11) is 2.07. The van der Waals surface area contributed by atoms with Gasteiger partial charge in [0.2, 0.25) is 0 Å². The minimum Gasteiger partial charge on any atom is -0.345 e. The van der Waals surface area contributed by atoms with Crippen LogP contribution in [0.2, 0.25) is 0 Å². The smallest absolute Gasteiger partial charge is 0.0408 e. The molecule has 0 radical (unpaired) electrons. The minimum atomic E-state index is 1.10. The first kappa shape index (κ1) is 54.4. The highest BCUT2D eigenvalue weighted by atomic mass is 15.1. The van der Waals surface area contributed by atoms with Crippen molar-refractivity contribution < 1.29 is 0 Å². The van der Waals surface area contributed by atoms with Gasteiger partial charge in [-0.2, -0.15) is 0 Å². The van der Waals surface area contributed by atoms with Crippen molar-refractivity contribution in [3.63, 3.8) is 0 Å². The number of nitrogens with zero attached hydrogens (tertiary/aromatic N) is 1. The fourth-order valence-corrected chi connectivity index (χ4v) is 3.92. The number of para-hydroxylation sites is 2. The first-order chi connectivity index (χ1) is 24.3. The summed E-state index contributed by atoms with van der Waals surface area (Å²) in [4.78, 5) is 2.17. The van der Waals surface area contributed by atoms with Gasteiger partial charge < -0.3 is 4.90 Å². The molecule has 1 aliphatic rings. The molecule has 0 spiro atoms. The van der Waals surface area contributed by atoms with Crippen LogP contribution < -0.4 is 4.90 Å². The third-order valence-electron chi connectivity index (χ3n) is 5.66. The Morgan fingerprint density at radius 3 is 0.755 bits per heavy atom. The van der Waals surface area contributed by atoms with Gasteiger partial charge in [-0.05, 0) is 52.9 Å². The first-order valence-corrected chi connectivity index (χ1v) is 19.3. The number of hydrogen-bond donors (Lipinski definition) is 0. The van der Waals surface area contributed by atoms with Crippen LogP contribution in [0.1, 0.15) is 122 Å². The second kappa shape index (κ2) is 46.0. The highest BCUT2D eigenvalue weighted by molar-refractivity contribution is 5.76. The van der Waals surface area contributed by atoms with Crippen LogP contribution in [0, 0.1) is 0 Å². The Balaban J connectivity index is -0.000000169. The third-order valence-corrected chi connectivity index (χ3v) is 5.66. The van der Waals surface area contributed by atoms with Crippen LogP contribution >= 0.6 is 0 Å². The van der Waals surface area contributed by atoms with E-state index in [1.807, 2.05) is 159 Å². The molecule has 0 aliphatic heterocycles. The molecule has 0 saturated heterocycles. The summed E-state index contributed by atoms with van der Waals surface area (Å²) < 4.78 is 0. The predicted octanol–water partition coefficient (Wildman–Crippen LogP) is 16.6. The van der Waals surface area contributed by atoms with Gasteiger partial charge in [0.15, 0.2) is 0 Å². The second-order valence-corrected chi connectivity index (χ2v) is 7.88. The molecule has 1 nitrogen and oxygen atoms in total. The number of hydrogen-bond acceptors (Lipinski definition) is 1. The van der Waals surface area contributed by atoms with Crippen LogP contribution in [0.4, 0.5) is 11.4 Å². The van der Waals surface area contributed by atoms with Crippen LogP contribution in [0.5, 0.6) is 0 Å². The topological polar surface area (TPSA) is 3.24 Å². The lowest BCUT2D eigenvalue weighted by Crippen LogP contribution is -2.08. The zero-order valence-electron chi connectivity index (χ0n) is 35.0. The van der Waals surface area contributed by atoms with E-state index >= 15 is 0 Å². The Hall–Kier alpha value is -4.10. The molecule has 0 fully saturated rings. The van der Waals surface area contributed by atoms with Crippen molar-refractivity contribution in [1.82, 2.24) is 0 Å². The lowest BCUT2D eigenvalue weighted by Gasteiger charge is -2.18. The summed E-state index contributed by atoms with van der Waals surface area (Å²) in [6, 6.07) is 50.0. The lowest BCUT2D eigenvalue weighted by atomic mass is 10.1. The summed E-state index contributed by atoms with van der Waals surface area (Å²) in [5, 5.41) is 0. The van der Waals surface area contributed by atoms with E-state index in [-0.39, 0.29) is 0 Å². The monoisotopic (exact) mass is 668 g/mol. The van der Waals surface area contributed by atoms with Gasteiger partial charge in [0.25, 0.3) is 0 Å². The van der Waals surface area contributed by atoms with Crippen molar-refractivity contribution >= 4 is 11.4 Å². The molecule has 0 saturated carbocycles. The van der Waals surface area contributed by atoms with Gasteiger partial charge >= 0.3 is 0 Å². The third kappa shape index (κ3) is 24.7. The van der Waals surface area contributed by atoms with Crippen molar-refractivity contribution in [2.75, 3.05) is 11.9 Å². The van der Waals surface area contributed by atoms with Gasteiger partial charge in [-0.15, -0.1) is 0 Å². The van der Waals surface area contributed by atoms with Gasteiger partial charge in [-0.25, -0.2) is 0 Å². The minimum absolute atomic E-state index is 1.10. The molecule has 1 aliphatic carbocycles. The van der Waals surface area contributed by atoms with Gasteiger partial charge in [-0.3, -0.25) is 0 Å². The van der Waals surface area contributed by atoms with E-state index in [0.717, 1.165) is 6.42 Å². The fourth-order valence-electron chi connectivity index (χ4n) is 3.92. The summed E-state index contributed by atoms with van der Waals surface area (Å²) in [5.74, 6) is 0. The second-order valence-electron chi connectivity index (χ2n) is 7.88. The van der Waals surface area contributed by atoms with Crippen LogP contribution in [0.15, 0.2) is 146 Å². The standard InChI is InChI=1S/C13H13N.C13H10.C6H6.8C2H6/c1-14(12-8-4-2-5-9-12)13-10-6-3-7-11-13;1-3-7-12-10(5-1)9-11-6-2-4-8-13(11)12;1-2-4-6-5-3-1;8*1-2/h2-11H,1H3;1-8H,9H2;1-6H;8*1-2H3. The van der Waals surface area contributed by atoms with Gasteiger partial charge in [0.1, 0.15) is 0 Å². The zero-order valence-corrected chi connectivity index (χ0v) is 35.0. The largest absolute Gasteiger partial charge is 0.345 e. The average molecular weight is 668 g/mol. The molecule has 6 rings (SSSR count). The number of fused-ring (bicyclic) bond motifs is 3. The highest BCUT2D eigenvalue weighted by Crippen LogP contribution is 2.35. The summed E-state index contributed by atoms with van der Waals surface area (Å²) in [6.07, 6.45) is 1.10. The molecular formula is C48H77N. The molecule has 0 amide bonds. The lowest BCUT2D eigenvalue weighted by molar-refractivity contribution is 1.21. The Morgan fingerprint density at radius 1 is 0.286 bits per heavy atom. The molecule has 0 N–H and O–H groups in total. The van der Waals surface area contributed by atoms with Crippen molar-refractivity contribution in [2.45, 2.75) is 117 Å². The quantitative estimate of drug-likeness (QED) is 0.178. The maximum atomic E-state index is 2.22. The summed E-state index contributed by atoms with van der Waals surface area (Å²) in [5.41, 5.74) is 8.17. The summed E-state index contributed by atoms with van der Waals surface area (Å²) >= 11 is 0. The van der Waals surface area contributed by atoms with Crippen LogP contribution in [0.25, 0.3) is 11.1 Å². The maximum Gasteiger partial charge on any atom is 0.0408 e. The van der Waals surface area contributed by atoms with Gasteiger partial charge in [0, 0.05) is 18.4 Å². The first-order valence-electron chi connectivity index (χ1n) is 19.3. The molecule has 5 aromatic rings. The molecule has 0 heterocycles. The van der Waals surface area contributed by atoms with Crippen molar-refractivity contribution in [1.29, 1.82) is 0 Å². The van der Waals surface area contributed by atoms with E-state index in [4.69, 9.17) is 0 Å². The molecule has 0 unspecified atom stereocenters. The van der Waals surface area contributed by atoms with E-state index in [9.17, 15) is 0 Å². The molecular weight excluding hydrogens is 591 g/mol. The van der Waals surface area contributed by atoms with Crippen LogP contribution in [-0.2, 0) is 6.42 Å². The highest BCUT2D eigenvalue weighted by Gasteiger charge is 2.15. The van der Waals surface area contributed by atoms with Crippen LogP contribution in [0.3, 0.4) is 0 Å². The Morgan fingerprint density at radius 2 is 0.490 bits per heavy atom. The van der Waals surface area contributed by atoms with Crippen molar-refractivity contribution in [3.8, 4) is 11.1 Å². The molecule has 0 bridgehead atoms. The van der Waals surface area contributed by atoms with Gasteiger partial charge in [0.05, 0.1) is 0 Å². The Kier molecular flexibility index (Phi) is 51.0. The van der Waals surface area contributed by atoms with Crippen molar-refractivity contribution in [2.24, 2.45) is 0 Å². The van der Waals surface area contributed by atoms with E-state index in [0.29, 0.717) is 0 Å². The van der Waals surface area contributed by atoms with E-state index in [1.165, 1.54) is 33.6 Å². The molecule has 0 atom stereocenters. The number of anilines is 2. The average Bonchev–Trinajstić information content (AvgIpc) is 3.64. The van der Waals surface area contributed by atoms with E-state index in [2.05, 4.69) is 109 Å². The molecule has 0 aromatic heterocycles. The molecule has 5 aromatic carbocycles. The Labute approximate surface area is 307 Å². The van der Waals surface area contributed by atoms with E-state index < -0.39 is 0 Å². The SMILES string of the molecule is CC.CC.CC.CC.CC.CC.CC.CC.CN(c1ccccc1)c1ccccc1.c1ccc2c(c1)Cc1ccccc1-2.c1ccccc1. The van der Waals surface area contributed by atoms with Gasteiger partial charge in [-0.1, -0.05) is 232 Å². The molecule has 1 heteroatoms. The zero-order chi connectivity index (χ0) is 38.7. The fraction of sp³-hybridized carbons (Fsp3) is 0.375. The van der Waals surface area contributed by atoms with Crippen LogP contribution in [-0.4, -0.2) is 7.05 Å². The predicted molar refractivity (Wildman–Crippen MR) is 233 cm³/mol. The molecule has 49 heavy (non-hydrogen) atoms. The van der Waals surface area contributed by atoms with Crippen molar-refractivity contribution in [3.05, 3.63) is 157 Å². The Bertz CT molecular complexity index is 1120. The maximum absolute atomic E-state index is 2.22. The van der Waals surface area contributed by atoms with E-state index in [1.54, 1.807) is 0 Å².